The lowest BCUT2D eigenvalue weighted by atomic mass is 9.91. The molecule has 120 valence electrons. The molecule has 0 aliphatic carbocycles. The Kier molecular flexibility index (Phi) is 5.52. The van der Waals surface area contributed by atoms with Gasteiger partial charge in [-0.25, -0.2) is 9.37 Å². The van der Waals surface area contributed by atoms with Crippen LogP contribution in [0.15, 0.2) is 42.4 Å². The molecule has 2 N–H and O–H groups in total. The topological polar surface area (TPSA) is 56.6 Å². The van der Waals surface area contributed by atoms with Crippen LogP contribution in [0.25, 0.3) is 17.2 Å². The van der Waals surface area contributed by atoms with E-state index in [9.17, 15) is 4.39 Å². The molecule has 0 atom stereocenters. The minimum absolute atomic E-state index is 0.226. The van der Waals surface area contributed by atoms with Gasteiger partial charge in [0.15, 0.2) is 0 Å². The van der Waals surface area contributed by atoms with Crippen LogP contribution in [-0.4, -0.2) is 35.2 Å². The number of rotatable bonds is 5. The molecule has 4 nitrogen and oxygen atoms in total. The highest BCUT2D eigenvalue weighted by molar-refractivity contribution is 6.48. The van der Waals surface area contributed by atoms with E-state index in [4.69, 9.17) is 10.0 Å². The molecule has 0 radical (unpaired) electrons. The van der Waals surface area contributed by atoms with E-state index >= 15 is 0 Å². The number of halogens is 1. The van der Waals surface area contributed by atoms with Crippen molar-refractivity contribution in [2.45, 2.75) is 19.9 Å². The number of pyridine rings is 1. The van der Waals surface area contributed by atoms with Crippen molar-refractivity contribution >= 4 is 19.0 Å². The fraction of sp³-hybridized carbons (Fsp3) is 0.235. The predicted molar refractivity (Wildman–Crippen MR) is 92.4 cm³/mol. The maximum atomic E-state index is 13.1. The first kappa shape index (κ1) is 17.2. The molecule has 0 amide bonds. The molecule has 2 aromatic rings. The minimum Gasteiger partial charge on any atom is -0.424 e. The molecule has 0 spiro atoms. The Labute approximate surface area is 136 Å². The number of benzene rings is 1. The van der Waals surface area contributed by atoms with E-state index in [0.29, 0.717) is 5.69 Å². The lowest BCUT2D eigenvalue weighted by molar-refractivity contribution is 0.424. The number of hydrogen-bond donors (Lipinski definition) is 2. The summed E-state index contributed by atoms with van der Waals surface area (Å²) in [5, 5.41) is 17.9. The Morgan fingerprint density at radius 3 is 2.35 bits per heavy atom. The Morgan fingerprint density at radius 2 is 1.78 bits per heavy atom. The molecular formula is C17H20BFN2O2. The quantitative estimate of drug-likeness (QED) is 0.833. The van der Waals surface area contributed by atoms with Crippen LogP contribution in [0.3, 0.4) is 0 Å². The summed E-state index contributed by atoms with van der Waals surface area (Å²) in [6.45, 7) is 4.10. The maximum Gasteiger partial charge on any atom is 0.480 e. The first-order chi connectivity index (χ1) is 10.9. The molecule has 0 aliphatic heterocycles. The third-order valence-corrected chi connectivity index (χ3v) is 3.60. The molecule has 0 unspecified atom stereocenters. The molecule has 1 aromatic carbocycles. The number of anilines is 1. The van der Waals surface area contributed by atoms with Crippen LogP contribution in [0.5, 0.6) is 0 Å². The summed E-state index contributed by atoms with van der Waals surface area (Å²) in [6.07, 6.45) is 1.55. The molecule has 0 bridgehead atoms. The van der Waals surface area contributed by atoms with Crippen molar-refractivity contribution < 1.29 is 14.4 Å². The lowest BCUT2D eigenvalue weighted by Crippen LogP contribution is -2.27. The van der Waals surface area contributed by atoms with Crippen LogP contribution < -0.4 is 4.90 Å². The Bertz CT molecular complexity index is 687. The zero-order valence-corrected chi connectivity index (χ0v) is 13.4. The average molecular weight is 314 g/mol. The standard InChI is InChI=1S/C17H20BFN2O2/c1-12(2)21(3)17-16(13-4-6-14(19)7-5-13)9-8-15(20-17)10-11-18(22)23/h4-12,22-23H,1-3H3. The van der Waals surface area contributed by atoms with Gasteiger partial charge in [0, 0.05) is 18.7 Å². The second kappa shape index (κ2) is 7.39. The highest BCUT2D eigenvalue weighted by Gasteiger charge is 2.14. The van der Waals surface area contributed by atoms with Gasteiger partial charge >= 0.3 is 7.12 Å². The monoisotopic (exact) mass is 314 g/mol. The maximum absolute atomic E-state index is 13.1. The largest absolute Gasteiger partial charge is 0.480 e. The van der Waals surface area contributed by atoms with E-state index in [2.05, 4.69) is 18.8 Å². The first-order valence-corrected chi connectivity index (χ1v) is 7.42. The van der Waals surface area contributed by atoms with E-state index in [1.165, 1.54) is 18.1 Å². The highest BCUT2D eigenvalue weighted by Crippen LogP contribution is 2.30. The van der Waals surface area contributed by atoms with Crippen LogP contribution in [0, 0.1) is 5.82 Å². The summed E-state index contributed by atoms with van der Waals surface area (Å²) in [4.78, 5) is 6.61. The smallest absolute Gasteiger partial charge is 0.424 e. The van der Waals surface area contributed by atoms with Crippen molar-refractivity contribution in [1.82, 2.24) is 4.98 Å². The van der Waals surface area contributed by atoms with E-state index in [-0.39, 0.29) is 11.9 Å². The Hall–Kier alpha value is -2.18. The van der Waals surface area contributed by atoms with E-state index in [0.717, 1.165) is 16.9 Å². The molecule has 1 aromatic heterocycles. The number of nitrogens with zero attached hydrogens (tertiary/aromatic N) is 2. The molecule has 0 saturated heterocycles. The van der Waals surface area contributed by atoms with Crippen molar-refractivity contribution in [3.05, 3.63) is 53.9 Å². The molecule has 0 saturated carbocycles. The van der Waals surface area contributed by atoms with Crippen molar-refractivity contribution in [2.24, 2.45) is 0 Å². The molecular weight excluding hydrogens is 294 g/mol. The molecule has 1 heterocycles. The van der Waals surface area contributed by atoms with Gasteiger partial charge in [0.25, 0.3) is 0 Å². The fourth-order valence-electron chi connectivity index (χ4n) is 2.11. The van der Waals surface area contributed by atoms with Gasteiger partial charge in [0.2, 0.25) is 0 Å². The minimum atomic E-state index is -1.51. The summed E-state index contributed by atoms with van der Waals surface area (Å²) in [6, 6.07) is 10.2. The summed E-state index contributed by atoms with van der Waals surface area (Å²) in [5.41, 5.74) is 2.38. The van der Waals surface area contributed by atoms with Crippen LogP contribution in [0.2, 0.25) is 0 Å². The van der Waals surface area contributed by atoms with Crippen molar-refractivity contribution in [3.8, 4) is 11.1 Å². The summed E-state index contributed by atoms with van der Waals surface area (Å²) < 4.78 is 13.1. The molecule has 23 heavy (non-hydrogen) atoms. The highest BCUT2D eigenvalue weighted by atomic mass is 19.1. The van der Waals surface area contributed by atoms with Crippen LogP contribution in [0.4, 0.5) is 10.2 Å². The van der Waals surface area contributed by atoms with Gasteiger partial charge in [0.05, 0.1) is 5.69 Å². The van der Waals surface area contributed by atoms with E-state index in [1.807, 2.05) is 18.0 Å². The van der Waals surface area contributed by atoms with Crippen molar-refractivity contribution in [2.75, 3.05) is 11.9 Å². The zero-order valence-electron chi connectivity index (χ0n) is 13.4. The molecule has 0 fully saturated rings. The van der Waals surface area contributed by atoms with Gasteiger partial charge < -0.3 is 14.9 Å². The fourth-order valence-corrected chi connectivity index (χ4v) is 2.11. The van der Waals surface area contributed by atoms with Gasteiger partial charge in [-0.3, -0.25) is 0 Å². The lowest BCUT2D eigenvalue weighted by Gasteiger charge is -2.25. The van der Waals surface area contributed by atoms with Gasteiger partial charge in [-0.15, -0.1) is 0 Å². The van der Waals surface area contributed by atoms with E-state index < -0.39 is 7.12 Å². The Morgan fingerprint density at radius 1 is 1.13 bits per heavy atom. The Balaban J connectivity index is 2.50. The van der Waals surface area contributed by atoms with Crippen LogP contribution in [-0.2, 0) is 0 Å². The van der Waals surface area contributed by atoms with Crippen LogP contribution in [0.1, 0.15) is 19.5 Å². The van der Waals surface area contributed by atoms with Gasteiger partial charge in [-0.05, 0) is 49.8 Å². The second-order valence-electron chi connectivity index (χ2n) is 5.59. The third kappa shape index (κ3) is 4.40. The predicted octanol–water partition coefficient (Wildman–Crippen LogP) is 2.76. The van der Waals surface area contributed by atoms with Crippen LogP contribution >= 0.6 is 0 Å². The van der Waals surface area contributed by atoms with Gasteiger partial charge in [0.1, 0.15) is 11.6 Å². The number of aromatic nitrogens is 1. The molecule has 2 rings (SSSR count). The number of hydrogen-bond acceptors (Lipinski definition) is 4. The molecule has 0 aliphatic rings. The van der Waals surface area contributed by atoms with Gasteiger partial charge in [-0.2, -0.15) is 0 Å². The van der Waals surface area contributed by atoms with E-state index in [1.54, 1.807) is 24.3 Å². The van der Waals surface area contributed by atoms with Crippen molar-refractivity contribution in [3.63, 3.8) is 0 Å². The summed E-state index contributed by atoms with van der Waals surface area (Å²) in [7, 11) is 0.425. The summed E-state index contributed by atoms with van der Waals surface area (Å²) in [5.74, 6) is 1.72. The third-order valence-electron chi connectivity index (χ3n) is 3.60. The zero-order chi connectivity index (χ0) is 17.0. The first-order valence-electron chi connectivity index (χ1n) is 7.42. The second-order valence-corrected chi connectivity index (χ2v) is 5.59. The normalized spacial score (nSPS) is 11.3. The van der Waals surface area contributed by atoms with Crippen molar-refractivity contribution in [1.29, 1.82) is 0 Å². The summed E-state index contributed by atoms with van der Waals surface area (Å²) >= 11 is 0. The van der Waals surface area contributed by atoms with Gasteiger partial charge in [-0.1, -0.05) is 18.1 Å². The molecule has 6 heteroatoms. The average Bonchev–Trinajstić information content (AvgIpc) is 2.52. The SMILES string of the molecule is CC(C)N(C)c1nc(C=CB(O)O)ccc1-c1ccc(F)cc1.